The van der Waals surface area contributed by atoms with Gasteiger partial charge in [0.15, 0.2) is 0 Å². The van der Waals surface area contributed by atoms with E-state index in [-0.39, 0.29) is 11.6 Å². The molecule has 0 atom stereocenters. The number of carbonyl (C=O) groups excluding carboxylic acids is 1. The highest BCUT2D eigenvalue weighted by molar-refractivity contribution is 9.11. The predicted octanol–water partition coefficient (Wildman–Crippen LogP) is 4.66. The number of nitrogens with zero attached hydrogens (tertiary/aromatic N) is 1. The van der Waals surface area contributed by atoms with Gasteiger partial charge in [0.05, 0.1) is 21.6 Å². The summed E-state index contributed by atoms with van der Waals surface area (Å²) >= 11 is 8.21. The molecule has 1 aromatic carbocycles. The standard InChI is InChI=1S/C14H13Br2FN2OS/c1-2-19(7-8-3-4-13(16)21-8)14(20)9-5-12(18)11(17)6-10(9)15/h3-6H,2,7,18H2,1H3. The van der Waals surface area contributed by atoms with Gasteiger partial charge >= 0.3 is 0 Å². The van der Waals surface area contributed by atoms with E-state index in [1.807, 2.05) is 19.1 Å². The van der Waals surface area contributed by atoms with Crippen LogP contribution in [0.2, 0.25) is 0 Å². The summed E-state index contributed by atoms with van der Waals surface area (Å²) in [5, 5.41) is 0. The molecule has 0 fully saturated rings. The first-order valence-corrected chi connectivity index (χ1v) is 8.60. The van der Waals surface area contributed by atoms with Crippen molar-refractivity contribution in [2.24, 2.45) is 0 Å². The number of hydrogen-bond acceptors (Lipinski definition) is 3. The summed E-state index contributed by atoms with van der Waals surface area (Å²) in [4.78, 5) is 15.3. The van der Waals surface area contributed by atoms with Crippen LogP contribution in [0.5, 0.6) is 0 Å². The molecule has 0 aliphatic carbocycles. The van der Waals surface area contributed by atoms with E-state index in [9.17, 15) is 9.18 Å². The Morgan fingerprint density at radius 1 is 1.38 bits per heavy atom. The first kappa shape index (κ1) is 16.5. The second-order valence-electron chi connectivity index (χ2n) is 4.38. The van der Waals surface area contributed by atoms with Crippen molar-refractivity contribution in [2.45, 2.75) is 13.5 Å². The number of carbonyl (C=O) groups is 1. The van der Waals surface area contributed by atoms with E-state index in [4.69, 9.17) is 5.73 Å². The maximum atomic E-state index is 13.4. The van der Waals surface area contributed by atoms with Gasteiger partial charge in [0.2, 0.25) is 0 Å². The van der Waals surface area contributed by atoms with Gasteiger partial charge < -0.3 is 10.6 Å². The largest absolute Gasteiger partial charge is 0.396 e. The Bertz CT molecular complexity index is 675. The van der Waals surface area contributed by atoms with Crippen LogP contribution in [0.3, 0.4) is 0 Å². The minimum atomic E-state index is -0.538. The van der Waals surface area contributed by atoms with Crippen LogP contribution in [-0.4, -0.2) is 17.4 Å². The maximum Gasteiger partial charge on any atom is 0.255 e. The van der Waals surface area contributed by atoms with Gasteiger partial charge in [0.25, 0.3) is 5.91 Å². The minimum absolute atomic E-state index is 0.0310. The zero-order valence-electron chi connectivity index (χ0n) is 11.2. The molecule has 3 nitrogen and oxygen atoms in total. The summed E-state index contributed by atoms with van der Waals surface area (Å²) in [6, 6.07) is 6.51. The number of thiophene rings is 1. The first-order chi connectivity index (χ1) is 9.92. The average Bonchev–Trinajstić information content (AvgIpc) is 2.85. The van der Waals surface area contributed by atoms with Crippen molar-refractivity contribution in [1.29, 1.82) is 0 Å². The molecule has 2 rings (SSSR count). The second-order valence-corrected chi connectivity index (χ2v) is 7.78. The summed E-state index contributed by atoms with van der Waals surface area (Å²) in [5.74, 6) is -0.718. The molecule has 7 heteroatoms. The van der Waals surface area contributed by atoms with Crippen molar-refractivity contribution in [3.8, 4) is 0 Å². The summed E-state index contributed by atoms with van der Waals surface area (Å²) in [5.41, 5.74) is 5.89. The fourth-order valence-electron chi connectivity index (χ4n) is 1.85. The fraction of sp³-hybridized carbons (Fsp3) is 0.214. The number of benzene rings is 1. The van der Waals surface area contributed by atoms with Crippen LogP contribution in [0, 0.1) is 5.82 Å². The Morgan fingerprint density at radius 3 is 2.67 bits per heavy atom. The number of rotatable bonds is 4. The van der Waals surface area contributed by atoms with Gasteiger partial charge in [0, 0.05) is 15.9 Å². The molecular weight excluding hydrogens is 423 g/mol. The molecule has 0 aliphatic heterocycles. The third kappa shape index (κ3) is 3.84. The van der Waals surface area contributed by atoms with Crippen LogP contribution in [-0.2, 0) is 6.54 Å². The van der Waals surface area contributed by atoms with Crippen LogP contribution < -0.4 is 5.73 Å². The van der Waals surface area contributed by atoms with E-state index in [1.54, 1.807) is 16.2 Å². The van der Waals surface area contributed by atoms with E-state index in [1.165, 1.54) is 12.1 Å². The summed E-state index contributed by atoms with van der Waals surface area (Å²) in [6.07, 6.45) is 0. The fourth-order valence-corrected chi connectivity index (χ4v) is 3.84. The Morgan fingerprint density at radius 2 is 2.10 bits per heavy atom. The van der Waals surface area contributed by atoms with Crippen molar-refractivity contribution in [1.82, 2.24) is 4.90 Å². The molecule has 21 heavy (non-hydrogen) atoms. The lowest BCUT2D eigenvalue weighted by Crippen LogP contribution is -2.30. The van der Waals surface area contributed by atoms with E-state index in [2.05, 4.69) is 31.9 Å². The van der Waals surface area contributed by atoms with Gasteiger partial charge in [0.1, 0.15) is 5.82 Å². The number of nitrogens with two attached hydrogens (primary N) is 1. The van der Waals surface area contributed by atoms with Crippen molar-refractivity contribution >= 4 is 54.8 Å². The van der Waals surface area contributed by atoms with Crippen molar-refractivity contribution < 1.29 is 9.18 Å². The molecule has 0 unspecified atom stereocenters. The molecule has 0 spiro atoms. The lowest BCUT2D eigenvalue weighted by molar-refractivity contribution is 0.0753. The quantitative estimate of drug-likeness (QED) is 0.710. The summed E-state index contributed by atoms with van der Waals surface area (Å²) in [6.45, 7) is 2.97. The maximum absolute atomic E-state index is 13.4. The summed E-state index contributed by atoms with van der Waals surface area (Å²) in [7, 11) is 0. The van der Waals surface area contributed by atoms with Gasteiger partial charge in [-0.15, -0.1) is 11.3 Å². The van der Waals surface area contributed by atoms with E-state index in [0.717, 1.165) is 8.66 Å². The molecule has 0 radical (unpaired) electrons. The van der Waals surface area contributed by atoms with Crippen molar-refractivity contribution in [3.63, 3.8) is 0 Å². The third-order valence-corrected chi connectivity index (χ3v) is 5.23. The van der Waals surface area contributed by atoms with Crippen LogP contribution in [0.4, 0.5) is 10.1 Å². The number of halogens is 3. The molecule has 1 heterocycles. The highest BCUT2D eigenvalue weighted by Gasteiger charge is 2.19. The molecule has 0 aliphatic rings. The molecule has 1 amide bonds. The second kappa shape index (κ2) is 6.89. The smallest absolute Gasteiger partial charge is 0.255 e. The Hall–Kier alpha value is -0.920. The minimum Gasteiger partial charge on any atom is -0.396 e. The third-order valence-electron chi connectivity index (χ3n) is 2.96. The number of amides is 1. The summed E-state index contributed by atoms with van der Waals surface area (Å²) < 4.78 is 14.8. The Kier molecular flexibility index (Phi) is 5.40. The van der Waals surface area contributed by atoms with Gasteiger partial charge in [-0.25, -0.2) is 4.39 Å². The molecule has 0 saturated carbocycles. The molecule has 2 aromatic rings. The zero-order chi connectivity index (χ0) is 15.6. The molecule has 0 saturated heterocycles. The number of nitrogen functional groups attached to an aromatic ring is 1. The van der Waals surface area contributed by atoms with Crippen molar-refractivity contribution in [2.75, 3.05) is 12.3 Å². The SMILES string of the molecule is CCN(Cc1ccc(Br)s1)C(=O)c1cc(N)c(F)cc1Br. The van der Waals surface area contributed by atoms with Gasteiger partial charge in [-0.05, 0) is 63.0 Å². The van der Waals surface area contributed by atoms with Crippen molar-refractivity contribution in [3.05, 3.63) is 48.8 Å². The Balaban J connectivity index is 2.26. The molecular formula is C14H13Br2FN2OS. The van der Waals surface area contributed by atoms with Crippen LogP contribution in [0.15, 0.2) is 32.5 Å². The van der Waals surface area contributed by atoms with Gasteiger partial charge in [-0.1, -0.05) is 0 Å². The Labute approximate surface area is 143 Å². The van der Waals surface area contributed by atoms with E-state index < -0.39 is 5.82 Å². The van der Waals surface area contributed by atoms with Crippen LogP contribution >= 0.6 is 43.2 Å². The highest BCUT2D eigenvalue weighted by atomic mass is 79.9. The molecule has 0 bridgehead atoms. The van der Waals surface area contributed by atoms with Crippen LogP contribution in [0.1, 0.15) is 22.2 Å². The first-order valence-electron chi connectivity index (χ1n) is 6.20. The highest BCUT2D eigenvalue weighted by Crippen LogP contribution is 2.27. The number of anilines is 1. The normalized spacial score (nSPS) is 10.7. The molecule has 112 valence electrons. The van der Waals surface area contributed by atoms with Gasteiger partial charge in [-0.2, -0.15) is 0 Å². The number of hydrogen-bond donors (Lipinski definition) is 1. The van der Waals surface area contributed by atoms with Crippen LogP contribution in [0.25, 0.3) is 0 Å². The van der Waals surface area contributed by atoms with E-state index in [0.29, 0.717) is 23.1 Å². The zero-order valence-corrected chi connectivity index (χ0v) is 15.2. The lowest BCUT2D eigenvalue weighted by Gasteiger charge is -2.21. The van der Waals surface area contributed by atoms with Gasteiger partial charge in [-0.3, -0.25) is 4.79 Å². The predicted molar refractivity (Wildman–Crippen MR) is 90.9 cm³/mol. The average molecular weight is 436 g/mol. The van der Waals surface area contributed by atoms with E-state index >= 15 is 0 Å². The monoisotopic (exact) mass is 434 g/mol. The topological polar surface area (TPSA) is 46.3 Å². The molecule has 1 aromatic heterocycles. The lowest BCUT2D eigenvalue weighted by atomic mass is 10.1. The molecule has 2 N–H and O–H groups in total.